The lowest BCUT2D eigenvalue weighted by Crippen LogP contribution is -2.15. The highest BCUT2D eigenvalue weighted by molar-refractivity contribution is 9.10. The quantitative estimate of drug-likeness (QED) is 0.165. The first-order valence-electron chi connectivity index (χ1n) is 11.5. The molecule has 0 saturated heterocycles. The maximum absolute atomic E-state index is 14.0. The third-order valence-electron chi connectivity index (χ3n) is 5.81. The van der Waals surface area contributed by atoms with Crippen LogP contribution in [0, 0.1) is 31.5 Å². The van der Waals surface area contributed by atoms with E-state index in [1.54, 1.807) is 12.1 Å². The van der Waals surface area contributed by atoms with Gasteiger partial charge in [-0.25, -0.2) is 4.39 Å². The number of aryl methyl sites for hydroxylation is 2. The summed E-state index contributed by atoms with van der Waals surface area (Å²) in [4.78, 5) is 17.9. The maximum atomic E-state index is 14.0. The molecule has 7 heteroatoms. The van der Waals surface area contributed by atoms with E-state index in [4.69, 9.17) is 9.79 Å². The fourth-order valence-electron chi connectivity index (χ4n) is 3.72. The van der Waals surface area contributed by atoms with Crippen molar-refractivity contribution in [2.45, 2.75) is 39.2 Å². The van der Waals surface area contributed by atoms with Crippen molar-refractivity contribution in [1.29, 1.82) is 0 Å². The molecule has 3 N–H and O–H groups in total. The van der Waals surface area contributed by atoms with Crippen LogP contribution in [0.2, 0.25) is 0 Å². The van der Waals surface area contributed by atoms with E-state index in [0.29, 0.717) is 25.9 Å². The van der Waals surface area contributed by atoms with Crippen LogP contribution in [0.15, 0.2) is 65.1 Å². The Balaban J connectivity index is 1.74. The molecule has 3 aromatic carbocycles. The molecule has 0 aliphatic carbocycles. The van der Waals surface area contributed by atoms with Gasteiger partial charge in [-0.3, -0.25) is 4.57 Å². The van der Waals surface area contributed by atoms with Gasteiger partial charge in [-0.2, -0.15) is 0 Å². The molecule has 0 radical (unpaired) electrons. The number of hydrogen-bond acceptors (Lipinski definition) is 2. The summed E-state index contributed by atoms with van der Waals surface area (Å²) < 4.78 is 25.8. The molecule has 35 heavy (non-hydrogen) atoms. The van der Waals surface area contributed by atoms with Crippen molar-refractivity contribution in [2.75, 3.05) is 12.7 Å². The number of halogens is 2. The average Bonchev–Trinajstić information content (AvgIpc) is 2.79. The molecule has 0 aliphatic rings. The van der Waals surface area contributed by atoms with Crippen LogP contribution in [0.4, 0.5) is 4.39 Å². The van der Waals surface area contributed by atoms with Gasteiger partial charge in [-0.15, -0.1) is 0 Å². The van der Waals surface area contributed by atoms with Crippen LogP contribution in [0.1, 0.15) is 45.7 Å². The fraction of sp³-hybridized carbons (Fsp3) is 0.286. The van der Waals surface area contributed by atoms with Crippen LogP contribution in [-0.2, 0) is 17.5 Å². The van der Waals surface area contributed by atoms with E-state index in [1.165, 1.54) is 17.2 Å². The molecule has 0 saturated carbocycles. The van der Waals surface area contributed by atoms with Crippen LogP contribution < -0.4 is 5.32 Å². The van der Waals surface area contributed by atoms with Crippen molar-refractivity contribution in [2.24, 2.45) is 0 Å². The average molecular weight is 558 g/mol. The first-order valence-corrected chi connectivity index (χ1v) is 14.1. The van der Waals surface area contributed by atoms with E-state index in [9.17, 15) is 8.96 Å². The minimum Gasteiger partial charge on any atom is -0.324 e. The van der Waals surface area contributed by atoms with Crippen molar-refractivity contribution < 1.29 is 18.7 Å². The van der Waals surface area contributed by atoms with Gasteiger partial charge >= 0.3 is 7.60 Å². The van der Waals surface area contributed by atoms with Gasteiger partial charge < -0.3 is 15.1 Å². The topological polar surface area (TPSA) is 69.6 Å². The molecule has 1 atom stereocenters. The summed E-state index contributed by atoms with van der Waals surface area (Å²) in [5, 5.41) is 3.20. The van der Waals surface area contributed by atoms with Gasteiger partial charge in [0.2, 0.25) is 0 Å². The fourth-order valence-corrected chi connectivity index (χ4v) is 4.81. The van der Waals surface area contributed by atoms with Gasteiger partial charge in [-0.05, 0) is 101 Å². The van der Waals surface area contributed by atoms with Crippen molar-refractivity contribution in [3.05, 3.63) is 104 Å². The zero-order chi connectivity index (χ0) is 25.4. The van der Waals surface area contributed by atoms with Gasteiger partial charge in [-0.1, -0.05) is 48.2 Å². The van der Waals surface area contributed by atoms with E-state index in [0.717, 1.165) is 26.7 Å². The zero-order valence-electron chi connectivity index (χ0n) is 19.9. The molecule has 0 fully saturated rings. The third-order valence-corrected chi connectivity index (χ3v) is 7.36. The molecule has 3 aromatic rings. The monoisotopic (exact) mass is 557 g/mol. The second kappa shape index (κ2) is 12.6. The van der Waals surface area contributed by atoms with Crippen LogP contribution in [0.25, 0.3) is 0 Å². The van der Waals surface area contributed by atoms with Crippen LogP contribution in [0.3, 0.4) is 0 Å². The highest BCUT2D eigenvalue weighted by atomic mass is 79.9. The van der Waals surface area contributed by atoms with E-state index in [2.05, 4.69) is 65.1 Å². The normalized spacial score (nSPS) is 12.2. The lowest BCUT2D eigenvalue weighted by Gasteiger charge is -2.13. The van der Waals surface area contributed by atoms with Gasteiger partial charge in [0.25, 0.3) is 0 Å². The first kappa shape index (κ1) is 27.3. The second-order valence-electron chi connectivity index (χ2n) is 8.73. The second-order valence-corrected chi connectivity index (χ2v) is 11.4. The molecule has 3 rings (SSSR count). The predicted molar refractivity (Wildman–Crippen MR) is 143 cm³/mol. The Labute approximate surface area is 215 Å². The van der Waals surface area contributed by atoms with Gasteiger partial charge in [0.1, 0.15) is 5.82 Å². The highest BCUT2D eigenvalue weighted by Crippen LogP contribution is 2.34. The van der Waals surface area contributed by atoms with Crippen molar-refractivity contribution in [3.8, 4) is 11.8 Å². The molecule has 1 unspecified atom stereocenters. The summed E-state index contributed by atoms with van der Waals surface area (Å²) in [5.74, 6) is 6.20. The Bertz CT molecular complexity index is 1280. The first-order chi connectivity index (χ1) is 16.6. The predicted octanol–water partition coefficient (Wildman–Crippen LogP) is 6.24. The summed E-state index contributed by atoms with van der Waals surface area (Å²) in [6, 6.07) is 18.9. The molecule has 0 spiro atoms. The third kappa shape index (κ3) is 9.04. The summed E-state index contributed by atoms with van der Waals surface area (Å²) in [6.45, 7) is 5.29. The van der Waals surface area contributed by atoms with Gasteiger partial charge in [0.05, 0.1) is 6.16 Å². The highest BCUT2D eigenvalue weighted by Gasteiger charge is 2.13. The van der Waals surface area contributed by atoms with E-state index >= 15 is 0 Å². The summed E-state index contributed by atoms with van der Waals surface area (Å²) in [5.41, 5.74) is 6.36. The Morgan fingerprint density at radius 1 is 1.03 bits per heavy atom. The Kier molecular flexibility index (Phi) is 9.86. The minimum atomic E-state index is -3.94. The summed E-state index contributed by atoms with van der Waals surface area (Å²) in [7, 11) is -3.94. The van der Waals surface area contributed by atoms with Crippen LogP contribution >= 0.6 is 23.5 Å². The molecule has 184 valence electrons. The molecule has 0 aliphatic heterocycles. The Morgan fingerprint density at radius 2 is 1.80 bits per heavy atom. The van der Waals surface area contributed by atoms with Gasteiger partial charge in [0.15, 0.2) is 0 Å². The Morgan fingerprint density at radius 3 is 2.49 bits per heavy atom. The smallest absolute Gasteiger partial charge is 0.324 e. The lowest BCUT2D eigenvalue weighted by molar-refractivity contribution is 0.371. The molecule has 4 nitrogen and oxygen atoms in total. The van der Waals surface area contributed by atoms with E-state index in [-0.39, 0.29) is 17.9 Å². The van der Waals surface area contributed by atoms with Crippen molar-refractivity contribution in [1.82, 2.24) is 5.32 Å². The summed E-state index contributed by atoms with van der Waals surface area (Å²) >= 11 is 3.60. The number of benzene rings is 3. The Hall–Kier alpha value is -2.26. The van der Waals surface area contributed by atoms with Crippen LogP contribution in [0.5, 0.6) is 0 Å². The molecular formula is C28H30BrFNO3P. The molecule has 0 bridgehead atoms. The zero-order valence-corrected chi connectivity index (χ0v) is 22.4. The van der Waals surface area contributed by atoms with Crippen molar-refractivity contribution >= 4 is 23.5 Å². The number of nitrogens with one attached hydrogen (secondary N) is 1. The van der Waals surface area contributed by atoms with Crippen molar-refractivity contribution in [3.63, 3.8) is 0 Å². The molecule has 0 aromatic heterocycles. The number of hydrogen-bond donors (Lipinski definition) is 3. The molecule has 0 heterocycles. The number of rotatable bonds is 9. The van der Waals surface area contributed by atoms with Gasteiger partial charge in [0, 0.05) is 22.5 Å². The maximum Gasteiger partial charge on any atom is 0.325 e. The van der Waals surface area contributed by atoms with E-state index in [1.807, 2.05) is 24.3 Å². The minimum absolute atomic E-state index is 0.118. The van der Waals surface area contributed by atoms with Crippen LogP contribution in [-0.4, -0.2) is 22.5 Å². The lowest BCUT2D eigenvalue weighted by atomic mass is 9.91. The SMILES string of the molecule is Cc1ccc(CC(C#Cc2ccc(CNCCCP(=O)(O)O)cc2Br)c2cccc(F)c2)cc1C. The molecule has 0 amide bonds. The largest absolute Gasteiger partial charge is 0.325 e. The van der Waals surface area contributed by atoms with E-state index < -0.39 is 7.60 Å². The summed E-state index contributed by atoms with van der Waals surface area (Å²) in [6.07, 6.45) is 0.982. The standard InChI is InChI=1S/C28H30BrFNO3P/c1-20-7-8-22(15-21(20)2)16-26(25-5-3-6-27(30)18-25)12-11-24-10-9-23(17-28(24)29)19-31-13-4-14-35(32,33)34/h3,5-10,15,17-18,26,31H,4,13-14,16,19H2,1-2H3,(H2,32,33,34). The molecular weight excluding hydrogens is 528 g/mol.